The first-order valence-electron chi connectivity index (χ1n) is 9.56. The minimum Gasteiger partial charge on any atom is -0.376 e. The Morgan fingerprint density at radius 1 is 1.00 bits per heavy atom. The third-order valence-electron chi connectivity index (χ3n) is 5.54. The molecule has 4 nitrogen and oxygen atoms in total. The number of anilines is 1. The molecule has 2 atom stereocenters. The Morgan fingerprint density at radius 3 is 2.67 bits per heavy atom. The van der Waals surface area contributed by atoms with Crippen LogP contribution in [0.2, 0.25) is 0 Å². The van der Waals surface area contributed by atoms with E-state index in [4.69, 9.17) is 4.74 Å². The van der Waals surface area contributed by atoms with E-state index in [0.717, 1.165) is 36.3 Å². The van der Waals surface area contributed by atoms with Crippen LogP contribution in [0.3, 0.4) is 0 Å². The summed E-state index contributed by atoms with van der Waals surface area (Å²) in [4.78, 5) is 15.2. The van der Waals surface area contributed by atoms with Gasteiger partial charge in [0.15, 0.2) is 0 Å². The average molecular weight is 358 g/mol. The van der Waals surface area contributed by atoms with Gasteiger partial charge in [0, 0.05) is 18.8 Å². The van der Waals surface area contributed by atoms with Crippen LogP contribution >= 0.6 is 0 Å². The number of hydrogen-bond acceptors (Lipinski definition) is 3. The molecule has 1 fully saturated rings. The van der Waals surface area contributed by atoms with E-state index in [0.29, 0.717) is 6.54 Å². The molecule has 2 unspecified atom stereocenters. The van der Waals surface area contributed by atoms with Crippen molar-refractivity contribution in [2.75, 3.05) is 18.5 Å². The lowest BCUT2D eigenvalue weighted by Crippen LogP contribution is -2.46. The number of rotatable bonds is 3. The van der Waals surface area contributed by atoms with Crippen LogP contribution in [0.25, 0.3) is 10.8 Å². The van der Waals surface area contributed by atoms with Gasteiger partial charge in [-0.3, -0.25) is 4.79 Å². The maximum atomic E-state index is 13.3. The molecule has 0 bridgehead atoms. The fraction of sp³-hybridized carbons (Fsp3) is 0.261. The van der Waals surface area contributed by atoms with Gasteiger partial charge in [-0.2, -0.15) is 0 Å². The zero-order valence-corrected chi connectivity index (χ0v) is 15.1. The highest BCUT2D eigenvalue weighted by Crippen LogP contribution is 2.35. The molecular formula is C23H22N2O2. The lowest BCUT2D eigenvalue weighted by Gasteiger charge is -2.39. The molecule has 27 heavy (non-hydrogen) atoms. The Hall–Kier alpha value is -2.85. The number of amides is 1. The number of fused-ring (bicyclic) bond motifs is 2. The smallest absolute Gasteiger partial charge is 0.257 e. The van der Waals surface area contributed by atoms with Crippen LogP contribution in [-0.2, 0) is 4.74 Å². The molecule has 0 aliphatic carbocycles. The van der Waals surface area contributed by atoms with Crippen molar-refractivity contribution in [1.82, 2.24) is 4.90 Å². The fourth-order valence-corrected chi connectivity index (χ4v) is 4.13. The van der Waals surface area contributed by atoms with E-state index >= 15 is 0 Å². The summed E-state index contributed by atoms with van der Waals surface area (Å²) < 4.78 is 5.82. The Labute approximate surface area is 158 Å². The number of hydrogen-bond donors (Lipinski definition) is 1. The van der Waals surface area contributed by atoms with Crippen LogP contribution in [0.4, 0.5) is 5.69 Å². The van der Waals surface area contributed by atoms with Crippen molar-refractivity contribution in [2.24, 2.45) is 0 Å². The Kier molecular flexibility index (Phi) is 4.06. The maximum Gasteiger partial charge on any atom is 0.257 e. The number of nitrogens with one attached hydrogen (secondary N) is 1. The minimum atomic E-state index is -0.193. The van der Waals surface area contributed by atoms with E-state index in [9.17, 15) is 4.79 Å². The van der Waals surface area contributed by atoms with Gasteiger partial charge < -0.3 is 15.0 Å². The summed E-state index contributed by atoms with van der Waals surface area (Å²) in [6.45, 7) is 1.40. The molecule has 5 rings (SSSR count). The van der Waals surface area contributed by atoms with Gasteiger partial charge in [-0.15, -0.1) is 0 Å². The highest BCUT2D eigenvalue weighted by molar-refractivity contribution is 6.01. The van der Waals surface area contributed by atoms with E-state index < -0.39 is 0 Å². The predicted molar refractivity (Wildman–Crippen MR) is 107 cm³/mol. The van der Waals surface area contributed by atoms with Crippen molar-refractivity contribution < 1.29 is 9.53 Å². The summed E-state index contributed by atoms with van der Waals surface area (Å²) in [7, 11) is 0. The summed E-state index contributed by atoms with van der Waals surface area (Å²) in [5.74, 6) is 0.0676. The molecule has 0 aromatic heterocycles. The second-order valence-corrected chi connectivity index (χ2v) is 7.29. The van der Waals surface area contributed by atoms with Crippen molar-refractivity contribution in [3.05, 3.63) is 77.9 Å². The van der Waals surface area contributed by atoms with E-state index in [1.54, 1.807) is 0 Å². The average Bonchev–Trinajstić information content (AvgIpc) is 3.23. The van der Waals surface area contributed by atoms with E-state index in [1.165, 1.54) is 10.8 Å². The van der Waals surface area contributed by atoms with Crippen LogP contribution in [0.15, 0.2) is 66.7 Å². The van der Waals surface area contributed by atoms with E-state index in [1.807, 2.05) is 41.3 Å². The molecule has 2 aliphatic heterocycles. The Balaban J connectivity index is 1.56. The van der Waals surface area contributed by atoms with Crippen molar-refractivity contribution in [3.8, 4) is 0 Å². The SMILES string of the molecule is O=C1c2ccccc2NC(c2ccc3ccccc3c2)N1CC1CCCO1. The van der Waals surface area contributed by atoms with E-state index in [2.05, 4.69) is 35.6 Å². The molecular weight excluding hydrogens is 336 g/mol. The highest BCUT2D eigenvalue weighted by Gasteiger charge is 2.35. The first kappa shape index (κ1) is 16.3. The largest absolute Gasteiger partial charge is 0.376 e. The molecule has 3 aromatic rings. The van der Waals surface area contributed by atoms with Gasteiger partial charge in [-0.1, -0.05) is 48.5 Å². The third kappa shape index (κ3) is 2.96. The number of ether oxygens (including phenoxy) is 1. The number of benzene rings is 3. The Morgan fingerprint density at radius 2 is 1.81 bits per heavy atom. The Bertz CT molecular complexity index is 994. The second kappa shape index (κ2) is 6.71. The molecule has 0 saturated carbocycles. The summed E-state index contributed by atoms with van der Waals surface area (Å²) >= 11 is 0. The molecule has 2 heterocycles. The van der Waals surface area contributed by atoms with Crippen molar-refractivity contribution in [3.63, 3.8) is 0 Å². The number of carbonyl (C=O) groups is 1. The molecule has 2 aliphatic rings. The quantitative estimate of drug-likeness (QED) is 0.745. The van der Waals surface area contributed by atoms with Gasteiger partial charge in [0.05, 0.1) is 11.7 Å². The molecule has 136 valence electrons. The summed E-state index contributed by atoms with van der Waals surface area (Å²) in [6, 6.07) is 22.5. The van der Waals surface area contributed by atoms with Gasteiger partial charge in [0.2, 0.25) is 0 Å². The topological polar surface area (TPSA) is 41.6 Å². The number of nitrogens with zero attached hydrogens (tertiary/aromatic N) is 1. The van der Waals surface area contributed by atoms with Gasteiger partial charge in [0.25, 0.3) is 5.91 Å². The number of carbonyl (C=O) groups excluding carboxylic acids is 1. The second-order valence-electron chi connectivity index (χ2n) is 7.29. The molecule has 4 heteroatoms. The monoisotopic (exact) mass is 358 g/mol. The van der Waals surface area contributed by atoms with Gasteiger partial charge in [-0.25, -0.2) is 0 Å². The molecule has 0 spiro atoms. The third-order valence-corrected chi connectivity index (χ3v) is 5.54. The zero-order valence-electron chi connectivity index (χ0n) is 15.1. The minimum absolute atomic E-state index is 0.0676. The maximum absolute atomic E-state index is 13.3. The molecule has 1 N–H and O–H groups in total. The summed E-state index contributed by atoms with van der Waals surface area (Å²) in [5, 5.41) is 5.97. The zero-order chi connectivity index (χ0) is 18.2. The molecule has 0 radical (unpaired) electrons. The number of para-hydroxylation sites is 1. The van der Waals surface area contributed by atoms with Crippen LogP contribution in [0.5, 0.6) is 0 Å². The van der Waals surface area contributed by atoms with Gasteiger partial charge >= 0.3 is 0 Å². The van der Waals surface area contributed by atoms with Gasteiger partial charge in [-0.05, 0) is 47.4 Å². The predicted octanol–water partition coefficient (Wildman–Crippen LogP) is 4.59. The van der Waals surface area contributed by atoms with Crippen molar-refractivity contribution in [2.45, 2.75) is 25.1 Å². The standard InChI is InChI=1S/C23H22N2O2/c26-23-20-9-3-4-10-21(20)24-22(25(23)15-19-8-5-13-27-19)18-12-11-16-6-1-2-7-17(16)14-18/h1-4,6-7,9-12,14,19,22,24H,5,8,13,15H2. The van der Waals surface area contributed by atoms with Crippen LogP contribution in [-0.4, -0.2) is 30.1 Å². The molecule has 1 saturated heterocycles. The van der Waals surface area contributed by atoms with Crippen LogP contribution in [0, 0.1) is 0 Å². The van der Waals surface area contributed by atoms with Gasteiger partial charge in [0.1, 0.15) is 6.17 Å². The lowest BCUT2D eigenvalue weighted by atomic mass is 10.00. The molecule has 1 amide bonds. The first-order valence-corrected chi connectivity index (χ1v) is 9.56. The lowest BCUT2D eigenvalue weighted by molar-refractivity contribution is 0.0427. The summed E-state index contributed by atoms with van der Waals surface area (Å²) in [6.07, 6.45) is 2.00. The summed E-state index contributed by atoms with van der Waals surface area (Å²) in [5.41, 5.74) is 2.71. The van der Waals surface area contributed by atoms with Crippen LogP contribution < -0.4 is 5.32 Å². The molecule has 3 aromatic carbocycles. The normalized spacial score (nSPS) is 21.9. The first-order chi connectivity index (χ1) is 13.3. The fourth-order valence-electron chi connectivity index (χ4n) is 4.13. The van der Waals surface area contributed by atoms with Crippen molar-refractivity contribution >= 4 is 22.4 Å². The van der Waals surface area contributed by atoms with Crippen molar-refractivity contribution in [1.29, 1.82) is 0 Å². The van der Waals surface area contributed by atoms with E-state index in [-0.39, 0.29) is 18.2 Å². The highest BCUT2D eigenvalue weighted by atomic mass is 16.5. The van der Waals surface area contributed by atoms with Crippen LogP contribution in [0.1, 0.15) is 34.9 Å².